The molecule has 0 unspecified atom stereocenters. The number of amides is 3. The van der Waals surface area contributed by atoms with Crippen LogP contribution >= 0.6 is 0 Å². The standard InChI is InChI=1S/C18H18FN5O4.C15H17FN4O4.CH4.CH3.V/c19-16-9-14(2-4-17(16)22-6-7-23(12-25)20-11-22)24-10-15(28-18(24)26)3-1-13-5-8-27-21-13;16-12-7-10(1-2-13(12)17-4-5-21)20-9-11(24-15(20)22)8-18-14-3-6-23-19-14;;;/h2,4-5,8-9,11-12,15H,1,3,6-7,10H2;1-3,6-7,11,17,21H,4-5,8-9H2,(H,18,19);1H4;1H3;/q;;;-1;/t15-;11-;;;/m00.../s1. The van der Waals surface area contributed by atoms with Crippen molar-refractivity contribution in [2.45, 2.75) is 32.5 Å². The van der Waals surface area contributed by atoms with Crippen LogP contribution in [0.1, 0.15) is 19.5 Å². The molecule has 2 saturated heterocycles. The number of aliphatic hydroxyl groups excluding tert-OH is 1. The van der Waals surface area contributed by atoms with Crippen molar-refractivity contribution in [3.8, 4) is 0 Å². The molecule has 55 heavy (non-hydrogen) atoms. The fourth-order valence-electron chi connectivity index (χ4n) is 5.54. The molecular weight excluding hydrogens is 763 g/mol. The third kappa shape index (κ3) is 11.2. The van der Waals surface area contributed by atoms with E-state index in [0.717, 1.165) is 5.69 Å². The van der Waals surface area contributed by atoms with Crippen molar-refractivity contribution in [2.75, 3.05) is 71.2 Å². The summed E-state index contributed by atoms with van der Waals surface area (Å²) in [5.41, 5.74) is 2.23. The van der Waals surface area contributed by atoms with Gasteiger partial charge < -0.3 is 46.6 Å². The van der Waals surface area contributed by atoms with Gasteiger partial charge in [0.05, 0.1) is 61.2 Å². The molecule has 0 bridgehead atoms. The first-order valence-electron chi connectivity index (χ1n) is 16.3. The molecule has 3 N–H and O–H groups in total. The fraction of sp³-hybridized carbons (Fsp3) is 0.343. The van der Waals surface area contributed by atoms with Crippen molar-refractivity contribution >= 4 is 53.5 Å². The normalized spacial score (nSPS) is 17.2. The Kier molecular flexibility index (Phi) is 16.5. The number of carbonyl (C=O) groups excluding carboxylic acids is 3. The number of benzene rings is 2. The molecule has 1 radical (unpaired) electrons. The molecule has 7 rings (SSSR count). The number of halogens is 2. The van der Waals surface area contributed by atoms with Crippen LogP contribution < -0.4 is 25.3 Å². The molecule has 2 aromatic carbocycles. The Morgan fingerprint density at radius 2 is 1.55 bits per heavy atom. The number of carbonyl (C=O) groups is 3. The zero-order valence-corrected chi connectivity index (χ0v) is 30.5. The van der Waals surface area contributed by atoms with Crippen LogP contribution in [0.15, 0.2) is 75.2 Å². The molecule has 0 saturated carbocycles. The van der Waals surface area contributed by atoms with E-state index in [-0.39, 0.29) is 64.5 Å². The number of rotatable bonds is 13. The molecule has 2 atom stereocenters. The summed E-state index contributed by atoms with van der Waals surface area (Å²) < 4.78 is 48.8. The summed E-state index contributed by atoms with van der Waals surface area (Å²) in [4.78, 5) is 39.3. The van der Waals surface area contributed by atoms with E-state index in [0.29, 0.717) is 74.9 Å². The molecule has 4 aromatic rings. The molecule has 3 aliphatic rings. The van der Waals surface area contributed by atoms with Gasteiger partial charge in [-0.15, -0.1) is 0 Å². The van der Waals surface area contributed by atoms with Gasteiger partial charge in [0.1, 0.15) is 42.7 Å². The van der Waals surface area contributed by atoms with E-state index in [1.165, 1.54) is 51.9 Å². The van der Waals surface area contributed by atoms with E-state index >= 15 is 0 Å². The minimum absolute atomic E-state index is 0. The topological polar surface area (TPSA) is 191 Å². The van der Waals surface area contributed by atoms with Gasteiger partial charge in [-0.05, 0) is 49.2 Å². The van der Waals surface area contributed by atoms with Crippen molar-refractivity contribution in [1.29, 1.82) is 0 Å². The Balaban J connectivity index is 0.000000283. The summed E-state index contributed by atoms with van der Waals surface area (Å²) in [7, 11) is 0. The number of hydrogen-bond donors (Lipinski definition) is 3. The summed E-state index contributed by atoms with van der Waals surface area (Å²) in [6.07, 6.45) is 4.47. The number of cyclic esters (lactones) is 2. The minimum Gasteiger partial charge on any atom is -0.444 e. The second-order valence-electron chi connectivity index (χ2n) is 11.7. The number of hydrazone groups is 1. The van der Waals surface area contributed by atoms with Crippen LogP contribution in [0.25, 0.3) is 0 Å². The van der Waals surface area contributed by atoms with E-state index in [9.17, 15) is 23.2 Å². The summed E-state index contributed by atoms with van der Waals surface area (Å²) in [5, 5.41) is 27.2. The second kappa shape index (κ2) is 20.7. The van der Waals surface area contributed by atoms with Crippen molar-refractivity contribution in [1.82, 2.24) is 15.3 Å². The van der Waals surface area contributed by atoms with E-state index in [2.05, 4.69) is 26.0 Å². The number of aromatic nitrogens is 2. The number of aliphatic hydroxyl groups is 1. The zero-order chi connectivity index (χ0) is 36.5. The molecule has 0 aliphatic carbocycles. The molecule has 2 aromatic heterocycles. The molecule has 295 valence electrons. The molecule has 17 nitrogen and oxygen atoms in total. The van der Waals surface area contributed by atoms with Gasteiger partial charge in [-0.3, -0.25) is 14.6 Å². The predicted octanol–water partition coefficient (Wildman–Crippen LogP) is 4.73. The predicted molar refractivity (Wildman–Crippen MR) is 195 cm³/mol. The van der Waals surface area contributed by atoms with Crippen LogP contribution in [0.2, 0.25) is 0 Å². The van der Waals surface area contributed by atoms with E-state index in [1.807, 2.05) is 0 Å². The van der Waals surface area contributed by atoms with E-state index < -0.39 is 23.8 Å². The number of hydrogen-bond acceptors (Lipinski definition) is 14. The maximum Gasteiger partial charge on any atom is 0.414 e. The van der Waals surface area contributed by atoms with Crippen LogP contribution in [0, 0.1) is 19.1 Å². The number of aryl methyl sites for hydroxylation is 1. The quantitative estimate of drug-likeness (QED) is 0.124. The molecular formula is C35H42F2N9O8V-. The second-order valence-corrected chi connectivity index (χ2v) is 11.7. The zero-order valence-electron chi connectivity index (χ0n) is 29.1. The number of anilines is 5. The van der Waals surface area contributed by atoms with Crippen LogP contribution in [0.5, 0.6) is 0 Å². The Morgan fingerprint density at radius 1 is 0.873 bits per heavy atom. The molecule has 0 spiro atoms. The average Bonchev–Trinajstić information content (AvgIpc) is 3.99. The fourth-order valence-corrected chi connectivity index (χ4v) is 5.54. The summed E-state index contributed by atoms with van der Waals surface area (Å²) in [6.45, 7) is 1.95. The molecule has 2 fully saturated rings. The van der Waals surface area contributed by atoms with Gasteiger partial charge >= 0.3 is 12.2 Å². The number of nitrogens with zero attached hydrogens (tertiary/aromatic N) is 7. The third-order valence-electron chi connectivity index (χ3n) is 8.19. The van der Waals surface area contributed by atoms with Gasteiger partial charge in [-0.2, -0.15) is 5.10 Å². The smallest absolute Gasteiger partial charge is 0.414 e. The van der Waals surface area contributed by atoms with Gasteiger partial charge in [-0.1, -0.05) is 17.7 Å². The Hall–Kier alpha value is -5.66. The minimum atomic E-state index is -0.530. The largest absolute Gasteiger partial charge is 0.444 e. The summed E-state index contributed by atoms with van der Waals surface area (Å²) in [5.74, 6) is -0.435. The monoisotopic (exact) mass is 805 g/mol. The molecule has 3 amide bonds. The first-order valence-corrected chi connectivity index (χ1v) is 16.3. The average molecular weight is 806 g/mol. The molecule has 3 aliphatic heterocycles. The Morgan fingerprint density at radius 3 is 2.15 bits per heavy atom. The van der Waals surface area contributed by atoms with E-state index in [4.69, 9.17) is 23.6 Å². The Labute approximate surface area is 328 Å². The number of ether oxygens (including phenoxy) is 2. The van der Waals surface area contributed by atoms with Crippen LogP contribution in [0.3, 0.4) is 0 Å². The van der Waals surface area contributed by atoms with Gasteiger partial charge in [-0.25, -0.2) is 23.4 Å². The molecule has 5 heterocycles. The van der Waals surface area contributed by atoms with Crippen molar-refractivity contribution in [3.05, 3.63) is 85.8 Å². The van der Waals surface area contributed by atoms with E-state index in [1.54, 1.807) is 35.2 Å². The van der Waals surface area contributed by atoms with Crippen LogP contribution in [-0.2, 0) is 39.2 Å². The first-order chi connectivity index (χ1) is 25.3. The van der Waals surface area contributed by atoms with Gasteiger partial charge in [0.15, 0.2) is 5.82 Å². The van der Waals surface area contributed by atoms with Crippen LogP contribution in [-0.4, -0.2) is 103 Å². The number of nitrogens with one attached hydrogen (secondary N) is 2. The maximum atomic E-state index is 14.6. The Bertz CT molecular complexity index is 1860. The summed E-state index contributed by atoms with van der Waals surface area (Å²) >= 11 is 0. The molecule has 20 heteroatoms. The summed E-state index contributed by atoms with van der Waals surface area (Å²) in [6, 6.07) is 12.4. The third-order valence-corrected chi connectivity index (χ3v) is 8.19. The van der Waals surface area contributed by atoms with Crippen molar-refractivity contribution < 1.29 is 65.3 Å². The first kappa shape index (κ1) is 43.7. The van der Waals surface area contributed by atoms with Gasteiger partial charge in [0.2, 0.25) is 6.41 Å². The van der Waals surface area contributed by atoms with Crippen LogP contribution in [0.4, 0.5) is 46.9 Å². The van der Waals surface area contributed by atoms with Crippen molar-refractivity contribution in [3.63, 3.8) is 0 Å². The SMILES string of the molecule is C.O=C1O[C@@H](CNc2ccon2)CN1c1ccc(NCCO)c(F)c1.O=CN1CCN(c2ccc(N3C[C@H](CCc4ccon4)OC3=O)cc2F)C=N1.[CH3-].[V]. The van der Waals surface area contributed by atoms with Gasteiger partial charge in [0, 0.05) is 43.8 Å². The van der Waals surface area contributed by atoms with Gasteiger partial charge in [0.25, 0.3) is 0 Å². The van der Waals surface area contributed by atoms with Crippen molar-refractivity contribution in [2.24, 2.45) is 5.10 Å². The maximum absolute atomic E-state index is 14.6.